The molecule has 0 bridgehead atoms. The number of halogens is 4. The molecule has 0 heterocycles. The summed E-state index contributed by atoms with van der Waals surface area (Å²) < 4.78 is 72.0. The van der Waals surface area contributed by atoms with E-state index in [-0.39, 0.29) is 17.1 Å². The van der Waals surface area contributed by atoms with Crippen molar-refractivity contribution in [3.8, 4) is 23.0 Å². The van der Waals surface area contributed by atoms with E-state index in [0.717, 1.165) is 37.6 Å². The minimum Gasteiger partial charge on any atom is -0.490 e. The van der Waals surface area contributed by atoms with Gasteiger partial charge in [-0.2, -0.15) is 4.39 Å². The highest BCUT2D eigenvalue weighted by molar-refractivity contribution is 5.95. The monoisotopic (exact) mass is 456 g/mol. The van der Waals surface area contributed by atoms with Crippen LogP contribution in [-0.4, -0.2) is 25.0 Å². The molecule has 0 aliphatic heterocycles. The molecule has 32 heavy (non-hydrogen) atoms. The summed E-state index contributed by atoms with van der Waals surface area (Å²) in [6.45, 7) is 6.95. The van der Waals surface area contributed by atoms with Crippen molar-refractivity contribution < 1.29 is 41.3 Å². The van der Waals surface area contributed by atoms with Crippen LogP contribution in [0, 0.1) is 12.7 Å². The number of rotatable bonds is 6. The lowest BCUT2D eigenvalue weighted by Crippen LogP contribution is -2.25. The van der Waals surface area contributed by atoms with Crippen molar-refractivity contribution in [1.82, 2.24) is 0 Å². The van der Waals surface area contributed by atoms with Gasteiger partial charge < -0.3 is 18.9 Å². The number of hydrogen-bond acceptors (Lipinski definition) is 5. The van der Waals surface area contributed by atoms with Crippen LogP contribution in [0.3, 0.4) is 0 Å². The van der Waals surface area contributed by atoms with Gasteiger partial charge in [-0.15, -0.1) is 13.2 Å². The zero-order valence-corrected chi connectivity index (χ0v) is 18.4. The number of alkyl halides is 3. The van der Waals surface area contributed by atoms with E-state index in [1.165, 1.54) is 0 Å². The third-order valence-corrected chi connectivity index (χ3v) is 4.76. The Morgan fingerprint density at radius 2 is 1.59 bits per heavy atom. The molecule has 5 nitrogen and oxygen atoms in total. The van der Waals surface area contributed by atoms with Gasteiger partial charge in [0, 0.05) is 0 Å². The molecule has 0 N–H and O–H groups in total. The van der Waals surface area contributed by atoms with Crippen LogP contribution >= 0.6 is 0 Å². The van der Waals surface area contributed by atoms with Crippen molar-refractivity contribution in [3.63, 3.8) is 0 Å². The summed E-state index contributed by atoms with van der Waals surface area (Å²) in [5, 5.41) is 0. The molecule has 0 spiro atoms. The van der Waals surface area contributed by atoms with E-state index in [1.54, 1.807) is 33.8 Å². The molecule has 0 atom stereocenters. The molecule has 9 heteroatoms. The Kier molecular flexibility index (Phi) is 6.31. The Hall–Kier alpha value is -2.97. The van der Waals surface area contributed by atoms with Gasteiger partial charge in [0.2, 0.25) is 11.6 Å². The Morgan fingerprint density at radius 1 is 1.00 bits per heavy atom. The minimum absolute atomic E-state index is 0.0725. The summed E-state index contributed by atoms with van der Waals surface area (Å²) in [7, 11) is 1.08. The predicted octanol–water partition coefficient (Wildman–Crippen LogP) is 6.67. The molecule has 0 radical (unpaired) electrons. The molecular formula is C23H24F4O5. The molecule has 1 saturated carbocycles. The van der Waals surface area contributed by atoms with Gasteiger partial charge in [0.1, 0.15) is 16.9 Å². The average Bonchev–Trinajstić information content (AvgIpc) is 3.47. The Bertz CT molecular complexity index is 1020. The van der Waals surface area contributed by atoms with Crippen LogP contribution in [0.2, 0.25) is 0 Å². The summed E-state index contributed by atoms with van der Waals surface area (Å²) in [6.07, 6.45) is -3.06. The fourth-order valence-corrected chi connectivity index (χ4v) is 3.32. The van der Waals surface area contributed by atoms with Crippen molar-refractivity contribution in [2.24, 2.45) is 0 Å². The first-order valence-electron chi connectivity index (χ1n) is 9.97. The van der Waals surface area contributed by atoms with Gasteiger partial charge >= 0.3 is 12.3 Å². The zero-order chi connectivity index (χ0) is 23.8. The lowest BCUT2D eigenvalue weighted by molar-refractivity contribution is -0.275. The molecule has 1 fully saturated rings. The fourth-order valence-electron chi connectivity index (χ4n) is 3.32. The molecular weight excluding hydrogens is 432 g/mol. The normalized spacial score (nSPS) is 14.2. The van der Waals surface area contributed by atoms with Crippen LogP contribution in [0.15, 0.2) is 24.3 Å². The highest BCUT2D eigenvalue weighted by Gasteiger charge is 2.34. The summed E-state index contributed by atoms with van der Waals surface area (Å²) in [5.41, 5.74) is 1.07. The summed E-state index contributed by atoms with van der Waals surface area (Å²) in [6, 6.07) is 5.24. The number of carbonyl (C=O) groups excluding carboxylic acids is 1. The van der Waals surface area contributed by atoms with E-state index < -0.39 is 35.2 Å². The maximum absolute atomic E-state index is 14.6. The summed E-state index contributed by atoms with van der Waals surface area (Å²) in [5.74, 6) is -3.46. The molecule has 1 aliphatic carbocycles. The Morgan fingerprint density at radius 3 is 2.12 bits per heavy atom. The number of hydrogen-bond donors (Lipinski definition) is 0. The first-order chi connectivity index (χ1) is 14.8. The average molecular weight is 456 g/mol. The SMILES string of the molecule is COc1c(Oc2ccc(C3CC3)c(C)c2C(=O)OC(C)(C)C)ccc(OC(F)(F)F)c1F. The van der Waals surface area contributed by atoms with Crippen molar-refractivity contribution in [2.75, 3.05) is 7.11 Å². The van der Waals surface area contributed by atoms with Crippen LogP contribution in [0.5, 0.6) is 23.0 Å². The van der Waals surface area contributed by atoms with Gasteiger partial charge in [0.25, 0.3) is 0 Å². The maximum atomic E-state index is 14.6. The lowest BCUT2D eigenvalue weighted by Gasteiger charge is -2.23. The van der Waals surface area contributed by atoms with Crippen LogP contribution in [0.4, 0.5) is 17.6 Å². The molecule has 2 aromatic rings. The molecule has 0 aromatic heterocycles. The molecule has 0 amide bonds. The van der Waals surface area contributed by atoms with Crippen molar-refractivity contribution in [3.05, 3.63) is 46.8 Å². The topological polar surface area (TPSA) is 54.0 Å². The Balaban J connectivity index is 2.04. The third-order valence-electron chi connectivity index (χ3n) is 4.76. The highest BCUT2D eigenvalue weighted by atomic mass is 19.4. The van der Waals surface area contributed by atoms with Crippen LogP contribution in [-0.2, 0) is 4.74 Å². The van der Waals surface area contributed by atoms with Crippen molar-refractivity contribution in [1.29, 1.82) is 0 Å². The summed E-state index contributed by atoms with van der Waals surface area (Å²) in [4.78, 5) is 13.0. The second-order valence-corrected chi connectivity index (χ2v) is 8.49. The number of ether oxygens (including phenoxy) is 4. The number of esters is 1. The highest BCUT2D eigenvalue weighted by Crippen LogP contribution is 2.46. The second kappa shape index (κ2) is 8.52. The number of methoxy groups -OCH3 is 1. The van der Waals surface area contributed by atoms with Crippen LogP contribution < -0.4 is 14.2 Å². The second-order valence-electron chi connectivity index (χ2n) is 8.49. The van der Waals surface area contributed by atoms with E-state index in [1.807, 2.05) is 6.07 Å². The predicted molar refractivity (Wildman–Crippen MR) is 108 cm³/mol. The first-order valence-corrected chi connectivity index (χ1v) is 9.97. The van der Waals surface area contributed by atoms with Crippen molar-refractivity contribution >= 4 is 5.97 Å². The maximum Gasteiger partial charge on any atom is 0.573 e. The van der Waals surface area contributed by atoms with E-state index in [4.69, 9.17) is 14.2 Å². The van der Waals surface area contributed by atoms with Gasteiger partial charge in [0.05, 0.1) is 7.11 Å². The van der Waals surface area contributed by atoms with Crippen LogP contribution in [0.1, 0.15) is 61.0 Å². The molecule has 0 saturated heterocycles. The fraction of sp³-hybridized carbons (Fsp3) is 0.435. The van der Waals surface area contributed by atoms with Crippen molar-refractivity contribution in [2.45, 2.75) is 58.4 Å². The zero-order valence-electron chi connectivity index (χ0n) is 18.4. The standard InChI is InChI=1S/C23H24F4O5/c1-12-14(13-6-7-13)8-9-15(18(12)21(28)32-22(2,3)4)30-17-11-10-16(31-23(25,26)27)19(24)20(17)29-5/h8-11,13H,6-7H2,1-5H3. The largest absolute Gasteiger partial charge is 0.573 e. The van der Waals surface area contributed by atoms with Gasteiger partial charge in [-0.1, -0.05) is 6.07 Å². The lowest BCUT2D eigenvalue weighted by atomic mass is 9.97. The quantitative estimate of drug-likeness (QED) is 0.359. The number of carbonyl (C=O) groups is 1. The number of benzene rings is 2. The van der Waals surface area contributed by atoms with Gasteiger partial charge in [-0.05, 0) is 75.8 Å². The third kappa shape index (κ3) is 5.44. The van der Waals surface area contributed by atoms with Gasteiger partial charge in [-0.3, -0.25) is 0 Å². The molecule has 0 unspecified atom stereocenters. The molecule has 2 aromatic carbocycles. The molecule has 174 valence electrons. The van der Waals surface area contributed by atoms with E-state index in [2.05, 4.69) is 4.74 Å². The van der Waals surface area contributed by atoms with Gasteiger partial charge in [-0.25, -0.2) is 4.79 Å². The first kappa shape index (κ1) is 23.7. The van der Waals surface area contributed by atoms with Crippen LogP contribution in [0.25, 0.3) is 0 Å². The van der Waals surface area contributed by atoms with E-state index >= 15 is 0 Å². The Labute approximate surface area is 183 Å². The van der Waals surface area contributed by atoms with E-state index in [9.17, 15) is 22.4 Å². The van der Waals surface area contributed by atoms with E-state index in [0.29, 0.717) is 11.5 Å². The molecule has 3 rings (SSSR count). The summed E-state index contributed by atoms with van der Waals surface area (Å²) >= 11 is 0. The van der Waals surface area contributed by atoms with Gasteiger partial charge in [0.15, 0.2) is 11.5 Å². The minimum atomic E-state index is -5.08. The molecule has 1 aliphatic rings. The smallest absolute Gasteiger partial charge is 0.490 e.